The minimum Gasteiger partial charge on any atom is -0.357 e. The number of rotatable bonds is 3. The van der Waals surface area contributed by atoms with Crippen LogP contribution in [0.3, 0.4) is 0 Å². The van der Waals surface area contributed by atoms with Gasteiger partial charge < -0.3 is 5.32 Å². The van der Waals surface area contributed by atoms with E-state index in [2.05, 4.69) is 5.32 Å². The number of nitro benzene ring substituents is 1. The summed E-state index contributed by atoms with van der Waals surface area (Å²) in [6.45, 7) is 1.45. The van der Waals surface area contributed by atoms with Gasteiger partial charge in [-0.25, -0.2) is 0 Å². The lowest BCUT2D eigenvalue weighted by atomic mass is 9.78. The molecule has 170 valence electrons. The van der Waals surface area contributed by atoms with Crippen LogP contribution in [-0.2, 0) is 9.59 Å². The number of hydrogen-bond donors (Lipinski definition) is 1. The summed E-state index contributed by atoms with van der Waals surface area (Å²) in [5.41, 5.74) is 4.11. The van der Waals surface area contributed by atoms with Crippen LogP contribution < -0.4 is 10.2 Å². The van der Waals surface area contributed by atoms with Crippen LogP contribution in [0.4, 0.5) is 17.1 Å². The Hall–Kier alpha value is -4.26. The topological polar surface area (TPSA) is 92.6 Å². The Morgan fingerprint density at radius 3 is 2.41 bits per heavy atom. The van der Waals surface area contributed by atoms with Crippen molar-refractivity contribution in [3.63, 3.8) is 0 Å². The third-order valence-corrected chi connectivity index (χ3v) is 6.50. The summed E-state index contributed by atoms with van der Waals surface area (Å²) in [6, 6.07) is 22.7. The molecule has 2 atom stereocenters. The molecule has 0 saturated carbocycles. The number of ketones is 1. The van der Waals surface area contributed by atoms with E-state index < -0.39 is 11.0 Å². The van der Waals surface area contributed by atoms with Crippen molar-refractivity contribution < 1.29 is 14.5 Å². The van der Waals surface area contributed by atoms with Crippen molar-refractivity contribution in [1.82, 2.24) is 0 Å². The number of nitrogens with one attached hydrogen (secondary N) is 1. The zero-order chi connectivity index (χ0) is 23.8. The van der Waals surface area contributed by atoms with Crippen LogP contribution in [-0.4, -0.2) is 16.6 Å². The Morgan fingerprint density at radius 2 is 1.68 bits per heavy atom. The summed E-state index contributed by atoms with van der Waals surface area (Å²) in [4.78, 5) is 39.3. The van der Waals surface area contributed by atoms with Gasteiger partial charge in [0.05, 0.1) is 22.3 Å². The van der Waals surface area contributed by atoms with Gasteiger partial charge in [0.15, 0.2) is 5.78 Å². The SMILES string of the molecule is CC(=O)N1c2ccccc2NC2=C(C(=O)C[C@H](c3ccccc3)C2)[C@@H]1c1cccc([N+](=O)[O-])c1. The molecule has 1 aliphatic heterocycles. The Bertz CT molecular complexity index is 1330. The molecule has 1 aliphatic carbocycles. The zero-order valence-corrected chi connectivity index (χ0v) is 18.6. The average Bonchev–Trinajstić information content (AvgIpc) is 2.99. The van der Waals surface area contributed by atoms with Crippen LogP contribution in [0.25, 0.3) is 0 Å². The van der Waals surface area contributed by atoms with E-state index in [-0.39, 0.29) is 23.3 Å². The van der Waals surface area contributed by atoms with Gasteiger partial charge in [-0.3, -0.25) is 24.6 Å². The molecule has 0 saturated heterocycles. The van der Waals surface area contributed by atoms with Crippen LogP contribution in [0, 0.1) is 10.1 Å². The first kappa shape index (κ1) is 21.6. The summed E-state index contributed by atoms with van der Waals surface area (Å²) in [7, 11) is 0. The number of allylic oxidation sites excluding steroid dienone is 1. The Morgan fingerprint density at radius 1 is 0.971 bits per heavy atom. The van der Waals surface area contributed by atoms with Crippen LogP contribution in [0.2, 0.25) is 0 Å². The lowest BCUT2D eigenvalue weighted by Crippen LogP contribution is -2.37. The molecule has 1 amide bonds. The molecule has 34 heavy (non-hydrogen) atoms. The van der Waals surface area contributed by atoms with Gasteiger partial charge in [0.1, 0.15) is 0 Å². The van der Waals surface area contributed by atoms with E-state index in [1.807, 2.05) is 54.6 Å². The van der Waals surface area contributed by atoms with Crippen LogP contribution >= 0.6 is 0 Å². The van der Waals surface area contributed by atoms with Gasteiger partial charge in [-0.2, -0.15) is 0 Å². The van der Waals surface area contributed by atoms with Gasteiger partial charge in [0, 0.05) is 36.7 Å². The fraction of sp³-hybridized carbons (Fsp3) is 0.185. The van der Waals surface area contributed by atoms with Crippen molar-refractivity contribution >= 4 is 28.8 Å². The molecule has 1 heterocycles. The van der Waals surface area contributed by atoms with Crippen molar-refractivity contribution in [3.05, 3.63) is 111 Å². The molecule has 3 aromatic carbocycles. The molecule has 7 nitrogen and oxygen atoms in total. The number of nitro groups is 1. The lowest BCUT2D eigenvalue weighted by Gasteiger charge is -2.34. The van der Waals surface area contributed by atoms with Crippen molar-refractivity contribution in [3.8, 4) is 0 Å². The highest BCUT2D eigenvalue weighted by molar-refractivity contribution is 6.06. The number of non-ortho nitro benzene ring substituents is 1. The number of Topliss-reactive ketones (excluding diaryl/α,β-unsaturated/α-hetero) is 1. The standard InChI is InChI=1S/C27H23N3O4/c1-17(31)29-24-13-6-5-12-22(24)28-23-15-20(18-8-3-2-4-9-18)16-25(32)26(23)27(29)19-10-7-11-21(14-19)30(33)34/h2-14,20,27-28H,15-16H2,1H3/t20-,27+/m1/s1. The molecular weight excluding hydrogens is 430 g/mol. The summed E-state index contributed by atoms with van der Waals surface area (Å²) in [5.74, 6) is -0.322. The summed E-state index contributed by atoms with van der Waals surface area (Å²) < 4.78 is 0. The van der Waals surface area contributed by atoms with Gasteiger partial charge in [-0.05, 0) is 35.6 Å². The molecule has 0 fully saturated rings. The van der Waals surface area contributed by atoms with E-state index in [1.165, 1.54) is 19.1 Å². The molecule has 0 radical (unpaired) electrons. The first-order chi connectivity index (χ1) is 16.4. The molecular formula is C27H23N3O4. The number of fused-ring (bicyclic) bond motifs is 1. The number of amides is 1. The summed E-state index contributed by atoms with van der Waals surface area (Å²) >= 11 is 0. The van der Waals surface area contributed by atoms with Crippen LogP contribution in [0.1, 0.15) is 42.9 Å². The third kappa shape index (κ3) is 3.75. The van der Waals surface area contributed by atoms with E-state index in [1.54, 1.807) is 17.0 Å². The van der Waals surface area contributed by atoms with Crippen molar-refractivity contribution in [1.29, 1.82) is 0 Å². The third-order valence-electron chi connectivity index (χ3n) is 6.50. The van der Waals surface area contributed by atoms with Gasteiger partial charge >= 0.3 is 0 Å². The number of carbonyl (C=O) groups excluding carboxylic acids is 2. The smallest absolute Gasteiger partial charge is 0.269 e. The van der Waals surface area contributed by atoms with E-state index in [9.17, 15) is 19.7 Å². The molecule has 0 aromatic heterocycles. The number of nitrogens with zero attached hydrogens (tertiary/aromatic N) is 2. The predicted octanol–water partition coefficient (Wildman–Crippen LogP) is 5.52. The normalized spacial score (nSPS) is 19.6. The second kappa shape index (κ2) is 8.59. The number of para-hydroxylation sites is 2. The average molecular weight is 453 g/mol. The zero-order valence-electron chi connectivity index (χ0n) is 18.6. The van der Waals surface area contributed by atoms with Gasteiger partial charge in [-0.1, -0.05) is 54.6 Å². The highest BCUT2D eigenvalue weighted by atomic mass is 16.6. The minimum atomic E-state index is -0.771. The lowest BCUT2D eigenvalue weighted by molar-refractivity contribution is -0.384. The number of hydrogen-bond acceptors (Lipinski definition) is 5. The van der Waals surface area contributed by atoms with Crippen molar-refractivity contribution in [2.45, 2.75) is 31.7 Å². The second-order valence-electron chi connectivity index (χ2n) is 8.62. The first-order valence-corrected chi connectivity index (χ1v) is 11.2. The predicted molar refractivity (Wildman–Crippen MR) is 130 cm³/mol. The first-order valence-electron chi connectivity index (χ1n) is 11.2. The number of benzene rings is 3. The molecule has 0 spiro atoms. The van der Waals surface area contributed by atoms with E-state index in [0.29, 0.717) is 29.7 Å². The van der Waals surface area contributed by atoms with Gasteiger partial charge in [0.25, 0.3) is 5.69 Å². The largest absolute Gasteiger partial charge is 0.357 e. The number of carbonyl (C=O) groups is 2. The minimum absolute atomic E-state index is 0.00162. The van der Waals surface area contributed by atoms with E-state index >= 15 is 0 Å². The van der Waals surface area contributed by atoms with Gasteiger partial charge in [-0.15, -0.1) is 0 Å². The maximum absolute atomic E-state index is 13.7. The van der Waals surface area contributed by atoms with E-state index in [0.717, 1.165) is 16.9 Å². The molecule has 1 N–H and O–H groups in total. The quantitative estimate of drug-likeness (QED) is 0.417. The van der Waals surface area contributed by atoms with Crippen molar-refractivity contribution in [2.24, 2.45) is 0 Å². The maximum Gasteiger partial charge on any atom is 0.269 e. The summed E-state index contributed by atoms with van der Waals surface area (Å²) in [5, 5.41) is 14.9. The molecule has 5 rings (SSSR count). The highest BCUT2D eigenvalue weighted by Gasteiger charge is 2.41. The van der Waals surface area contributed by atoms with Crippen LogP contribution in [0.15, 0.2) is 90.1 Å². The second-order valence-corrected chi connectivity index (χ2v) is 8.62. The fourth-order valence-electron chi connectivity index (χ4n) is 5.02. The summed E-state index contributed by atoms with van der Waals surface area (Å²) in [6.07, 6.45) is 0.897. The monoisotopic (exact) mass is 453 g/mol. The van der Waals surface area contributed by atoms with Crippen LogP contribution in [0.5, 0.6) is 0 Å². The molecule has 3 aromatic rings. The van der Waals surface area contributed by atoms with E-state index in [4.69, 9.17) is 0 Å². The number of anilines is 2. The Labute approximate surface area is 196 Å². The van der Waals surface area contributed by atoms with Crippen molar-refractivity contribution in [2.75, 3.05) is 10.2 Å². The molecule has 7 heteroatoms. The maximum atomic E-state index is 13.7. The Kier molecular flexibility index (Phi) is 5.45. The van der Waals surface area contributed by atoms with Gasteiger partial charge in [0.2, 0.25) is 5.91 Å². The molecule has 0 bridgehead atoms. The Balaban J connectivity index is 1.72. The molecule has 0 unspecified atom stereocenters. The fourth-order valence-corrected chi connectivity index (χ4v) is 5.02. The highest BCUT2D eigenvalue weighted by Crippen LogP contribution is 2.47. The molecule has 2 aliphatic rings.